The van der Waals surface area contributed by atoms with Crippen molar-refractivity contribution in [3.63, 3.8) is 0 Å². The van der Waals surface area contributed by atoms with Gasteiger partial charge in [0.1, 0.15) is 11.8 Å². The normalized spacial score (nSPS) is 17.5. The van der Waals surface area contributed by atoms with Crippen LogP contribution in [0.1, 0.15) is 17.5 Å². The summed E-state index contributed by atoms with van der Waals surface area (Å²) < 4.78 is 39.7. The molecule has 5 nitrogen and oxygen atoms in total. The van der Waals surface area contributed by atoms with Gasteiger partial charge >= 0.3 is 6.18 Å². The number of carbonyl (C=O) groups is 2. The molecule has 1 aliphatic rings. The molecule has 142 valence electrons. The van der Waals surface area contributed by atoms with Crippen molar-refractivity contribution in [1.29, 1.82) is 0 Å². The first-order valence-corrected chi connectivity index (χ1v) is 8.25. The first-order valence-electron chi connectivity index (χ1n) is 7.87. The zero-order valence-electron chi connectivity index (χ0n) is 14.0. The SMILES string of the molecule is Cc1cc(O)ccc1N1C(=O)CC(Nc2ccc(Cl)cc2C(F)(F)F)C1=O. The number of nitrogens with zero attached hydrogens (tertiary/aromatic N) is 1. The van der Waals surface area contributed by atoms with Crippen molar-refractivity contribution in [1.82, 2.24) is 0 Å². The monoisotopic (exact) mass is 398 g/mol. The van der Waals surface area contributed by atoms with Crippen LogP contribution in [0.4, 0.5) is 24.5 Å². The van der Waals surface area contributed by atoms with Gasteiger partial charge in [0.15, 0.2) is 0 Å². The third-order valence-electron chi connectivity index (χ3n) is 4.18. The maximum atomic E-state index is 13.2. The highest BCUT2D eigenvalue weighted by Crippen LogP contribution is 2.38. The van der Waals surface area contributed by atoms with Gasteiger partial charge in [-0.15, -0.1) is 0 Å². The number of phenolic OH excluding ortho intramolecular Hbond substituents is 1. The van der Waals surface area contributed by atoms with E-state index >= 15 is 0 Å². The predicted octanol–water partition coefficient (Wildman–Crippen LogP) is 4.12. The van der Waals surface area contributed by atoms with E-state index in [9.17, 15) is 27.9 Å². The molecule has 0 spiro atoms. The fourth-order valence-electron chi connectivity index (χ4n) is 2.95. The first kappa shape index (κ1) is 19.0. The van der Waals surface area contributed by atoms with Crippen LogP contribution in [0.3, 0.4) is 0 Å². The van der Waals surface area contributed by atoms with Crippen molar-refractivity contribution in [3.8, 4) is 5.75 Å². The molecule has 0 saturated carbocycles. The average Bonchev–Trinajstić information content (AvgIpc) is 2.83. The second kappa shape index (κ2) is 6.77. The summed E-state index contributed by atoms with van der Waals surface area (Å²) in [5.41, 5.74) is -0.587. The van der Waals surface area contributed by atoms with Gasteiger partial charge in [0, 0.05) is 10.7 Å². The van der Waals surface area contributed by atoms with Crippen LogP contribution in [0, 0.1) is 6.92 Å². The van der Waals surface area contributed by atoms with E-state index in [-0.39, 0.29) is 28.6 Å². The van der Waals surface area contributed by atoms with E-state index in [2.05, 4.69) is 5.32 Å². The summed E-state index contributed by atoms with van der Waals surface area (Å²) in [6.45, 7) is 1.61. The van der Waals surface area contributed by atoms with Gasteiger partial charge in [-0.3, -0.25) is 9.59 Å². The number of amides is 2. The highest BCUT2D eigenvalue weighted by Gasteiger charge is 2.42. The Morgan fingerprint density at radius 1 is 1.19 bits per heavy atom. The number of aromatic hydroxyl groups is 1. The van der Waals surface area contributed by atoms with Crippen molar-refractivity contribution in [2.24, 2.45) is 0 Å². The van der Waals surface area contributed by atoms with E-state index in [1.807, 2.05) is 0 Å². The molecule has 3 rings (SSSR count). The van der Waals surface area contributed by atoms with Crippen LogP contribution in [-0.4, -0.2) is 23.0 Å². The number of alkyl halides is 3. The number of benzene rings is 2. The summed E-state index contributed by atoms with van der Waals surface area (Å²) in [5.74, 6) is -1.24. The van der Waals surface area contributed by atoms with Gasteiger partial charge in [0.05, 0.1) is 17.7 Å². The molecular formula is C18H14ClF3N2O3. The lowest BCUT2D eigenvalue weighted by molar-refractivity contribution is -0.137. The quantitative estimate of drug-likeness (QED) is 0.763. The molecule has 2 aromatic rings. The third kappa shape index (κ3) is 3.71. The number of anilines is 2. The standard InChI is InChI=1S/C18H14ClF3N2O3/c1-9-6-11(25)3-5-15(9)24-16(26)8-14(17(24)27)23-13-4-2-10(19)7-12(13)18(20,21)22/h2-7,14,23,25H,8H2,1H3. The Balaban J connectivity index is 1.91. The first-order chi connectivity index (χ1) is 12.6. The Labute approximate surface area is 157 Å². The van der Waals surface area contributed by atoms with E-state index in [0.717, 1.165) is 17.0 Å². The van der Waals surface area contributed by atoms with Gasteiger partial charge < -0.3 is 10.4 Å². The van der Waals surface area contributed by atoms with Crippen molar-refractivity contribution in [2.45, 2.75) is 25.6 Å². The van der Waals surface area contributed by atoms with Gasteiger partial charge in [-0.1, -0.05) is 11.6 Å². The van der Waals surface area contributed by atoms with Gasteiger partial charge in [-0.05, 0) is 48.9 Å². The second-order valence-corrected chi connectivity index (χ2v) is 6.56. The van der Waals surface area contributed by atoms with Gasteiger partial charge in [0.2, 0.25) is 5.91 Å². The Bertz CT molecular complexity index is 931. The molecule has 1 saturated heterocycles. The van der Waals surface area contributed by atoms with Crippen molar-refractivity contribution in [3.05, 3.63) is 52.5 Å². The summed E-state index contributed by atoms with van der Waals surface area (Å²) >= 11 is 5.65. The highest BCUT2D eigenvalue weighted by atomic mass is 35.5. The Morgan fingerprint density at radius 3 is 2.52 bits per heavy atom. The summed E-state index contributed by atoms with van der Waals surface area (Å²) in [5, 5.41) is 11.9. The van der Waals surface area contributed by atoms with Crippen LogP contribution in [0.2, 0.25) is 5.02 Å². The van der Waals surface area contributed by atoms with Crippen LogP contribution in [0.25, 0.3) is 0 Å². The summed E-state index contributed by atoms with van der Waals surface area (Å²) in [6, 6.07) is 6.12. The molecule has 27 heavy (non-hydrogen) atoms. The smallest absolute Gasteiger partial charge is 0.418 e. The minimum Gasteiger partial charge on any atom is -0.508 e. The lowest BCUT2D eigenvalue weighted by atomic mass is 10.1. The number of rotatable bonds is 3. The maximum Gasteiger partial charge on any atom is 0.418 e. The van der Waals surface area contributed by atoms with Gasteiger partial charge in [-0.25, -0.2) is 4.90 Å². The molecule has 0 aromatic heterocycles. The molecule has 0 radical (unpaired) electrons. The molecule has 1 aliphatic heterocycles. The third-order valence-corrected chi connectivity index (χ3v) is 4.42. The van der Waals surface area contributed by atoms with Gasteiger partial charge in [-0.2, -0.15) is 13.2 Å². The molecule has 0 aliphatic carbocycles. The number of nitrogens with one attached hydrogen (secondary N) is 1. The van der Waals surface area contributed by atoms with Gasteiger partial charge in [0.25, 0.3) is 5.91 Å². The van der Waals surface area contributed by atoms with Crippen LogP contribution >= 0.6 is 11.6 Å². The lowest BCUT2D eigenvalue weighted by Crippen LogP contribution is -2.35. The van der Waals surface area contributed by atoms with E-state index in [1.54, 1.807) is 6.92 Å². The van der Waals surface area contributed by atoms with E-state index in [0.29, 0.717) is 5.56 Å². The van der Waals surface area contributed by atoms with Crippen LogP contribution in [0.15, 0.2) is 36.4 Å². The predicted molar refractivity (Wildman–Crippen MR) is 93.8 cm³/mol. The molecule has 2 aromatic carbocycles. The van der Waals surface area contributed by atoms with Crippen LogP contribution in [-0.2, 0) is 15.8 Å². The van der Waals surface area contributed by atoms with E-state index < -0.39 is 29.6 Å². The molecule has 1 fully saturated rings. The average molecular weight is 399 g/mol. The van der Waals surface area contributed by atoms with Crippen LogP contribution in [0.5, 0.6) is 5.75 Å². The Morgan fingerprint density at radius 2 is 1.89 bits per heavy atom. The number of halogens is 4. The molecule has 1 unspecified atom stereocenters. The molecule has 2 amide bonds. The fourth-order valence-corrected chi connectivity index (χ4v) is 3.12. The fraction of sp³-hybridized carbons (Fsp3) is 0.222. The minimum absolute atomic E-state index is 0.0268. The molecule has 1 atom stereocenters. The Hall–Kier alpha value is -2.74. The maximum absolute atomic E-state index is 13.2. The van der Waals surface area contributed by atoms with Crippen molar-refractivity contribution >= 4 is 34.8 Å². The second-order valence-electron chi connectivity index (χ2n) is 6.13. The molecular weight excluding hydrogens is 385 g/mol. The molecule has 1 heterocycles. The molecule has 0 bridgehead atoms. The van der Waals surface area contributed by atoms with Crippen molar-refractivity contribution < 1.29 is 27.9 Å². The van der Waals surface area contributed by atoms with E-state index in [4.69, 9.17) is 11.6 Å². The van der Waals surface area contributed by atoms with Crippen molar-refractivity contribution in [2.75, 3.05) is 10.2 Å². The zero-order valence-corrected chi connectivity index (χ0v) is 14.7. The molecule has 9 heteroatoms. The zero-order chi connectivity index (χ0) is 19.9. The number of carbonyl (C=O) groups excluding carboxylic acids is 2. The topological polar surface area (TPSA) is 69.6 Å². The number of phenols is 1. The number of imide groups is 1. The summed E-state index contributed by atoms with van der Waals surface area (Å²) in [4.78, 5) is 25.9. The summed E-state index contributed by atoms with van der Waals surface area (Å²) in [6.07, 6.45) is -4.97. The molecule has 2 N–H and O–H groups in total. The minimum atomic E-state index is -4.67. The lowest BCUT2D eigenvalue weighted by Gasteiger charge is -2.20. The number of hydrogen-bond acceptors (Lipinski definition) is 4. The largest absolute Gasteiger partial charge is 0.508 e. The number of aryl methyl sites for hydroxylation is 1. The van der Waals surface area contributed by atoms with Crippen LogP contribution < -0.4 is 10.2 Å². The number of hydrogen-bond donors (Lipinski definition) is 2. The Kier molecular flexibility index (Phi) is 4.77. The summed E-state index contributed by atoms with van der Waals surface area (Å²) in [7, 11) is 0. The van der Waals surface area contributed by atoms with E-state index in [1.165, 1.54) is 24.3 Å². The highest BCUT2D eigenvalue weighted by molar-refractivity contribution is 6.30.